The Kier molecular flexibility index (Phi) is 3.89. The number of hydrogen-bond acceptors (Lipinski definition) is 2. The molecule has 0 atom stereocenters. The maximum atomic E-state index is 11.8. The fraction of sp³-hybridized carbons (Fsp3) is 0.385. The Bertz CT molecular complexity index is 416. The largest absolute Gasteiger partial charge is 0.347 e. The number of hydrogen-bond donors (Lipinski definition) is 2. The molecule has 2 N–H and O–H groups in total. The molecule has 0 saturated heterocycles. The summed E-state index contributed by atoms with van der Waals surface area (Å²) < 4.78 is 0. The first kappa shape index (κ1) is 13.2. The molecule has 2 amide bonds. The van der Waals surface area contributed by atoms with Crippen molar-refractivity contribution >= 4 is 17.5 Å². The standard InChI is InChI=1S/C13H18N2O2/c1-9(16)14-11-7-5-10(6-8-11)12(17)15-13(2,3)4/h5-8H,1-4H3,(H,14,16)(H,15,17). The van der Waals surface area contributed by atoms with Gasteiger partial charge >= 0.3 is 0 Å². The molecule has 1 aromatic carbocycles. The van der Waals surface area contributed by atoms with Crippen LogP contribution in [0.4, 0.5) is 5.69 Å². The van der Waals surface area contributed by atoms with E-state index in [0.717, 1.165) is 0 Å². The van der Waals surface area contributed by atoms with Gasteiger partial charge in [0.05, 0.1) is 0 Å². The van der Waals surface area contributed by atoms with Crippen LogP contribution in [-0.2, 0) is 4.79 Å². The SMILES string of the molecule is CC(=O)Nc1ccc(C(=O)NC(C)(C)C)cc1. The molecule has 1 rings (SSSR count). The number of nitrogens with one attached hydrogen (secondary N) is 2. The van der Waals surface area contributed by atoms with E-state index < -0.39 is 0 Å². The molecule has 0 aliphatic rings. The molecule has 0 aromatic heterocycles. The van der Waals surface area contributed by atoms with Gasteiger partial charge in [-0.2, -0.15) is 0 Å². The predicted octanol–water partition coefficient (Wildman–Crippen LogP) is 2.17. The maximum Gasteiger partial charge on any atom is 0.251 e. The molecule has 0 bridgehead atoms. The van der Waals surface area contributed by atoms with Gasteiger partial charge in [0.25, 0.3) is 5.91 Å². The Morgan fingerprint density at radius 2 is 1.59 bits per heavy atom. The fourth-order valence-electron chi connectivity index (χ4n) is 1.32. The molecule has 4 heteroatoms. The van der Waals surface area contributed by atoms with Crippen molar-refractivity contribution in [2.75, 3.05) is 5.32 Å². The van der Waals surface area contributed by atoms with Crippen molar-refractivity contribution < 1.29 is 9.59 Å². The molecule has 0 fully saturated rings. The van der Waals surface area contributed by atoms with Gasteiger partial charge < -0.3 is 10.6 Å². The van der Waals surface area contributed by atoms with E-state index in [-0.39, 0.29) is 17.4 Å². The minimum Gasteiger partial charge on any atom is -0.347 e. The molecule has 92 valence electrons. The Labute approximate surface area is 101 Å². The summed E-state index contributed by atoms with van der Waals surface area (Å²) in [6, 6.07) is 6.79. The molecule has 4 nitrogen and oxygen atoms in total. The molecular weight excluding hydrogens is 216 g/mol. The second-order valence-corrected chi connectivity index (χ2v) is 4.96. The summed E-state index contributed by atoms with van der Waals surface area (Å²) in [6.45, 7) is 7.23. The Morgan fingerprint density at radius 1 is 1.06 bits per heavy atom. The van der Waals surface area contributed by atoms with E-state index in [1.165, 1.54) is 6.92 Å². The van der Waals surface area contributed by atoms with E-state index in [4.69, 9.17) is 0 Å². The highest BCUT2D eigenvalue weighted by molar-refractivity contribution is 5.95. The highest BCUT2D eigenvalue weighted by atomic mass is 16.2. The third kappa shape index (κ3) is 4.68. The Balaban J connectivity index is 2.74. The molecule has 0 radical (unpaired) electrons. The predicted molar refractivity (Wildman–Crippen MR) is 68.0 cm³/mol. The van der Waals surface area contributed by atoms with Crippen LogP contribution in [0.3, 0.4) is 0 Å². The van der Waals surface area contributed by atoms with Crippen LogP contribution < -0.4 is 10.6 Å². The van der Waals surface area contributed by atoms with Gasteiger partial charge in [-0.25, -0.2) is 0 Å². The zero-order valence-corrected chi connectivity index (χ0v) is 10.6. The lowest BCUT2D eigenvalue weighted by Crippen LogP contribution is -2.40. The molecule has 17 heavy (non-hydrogen) atoms. The first-order valence-corrected chi connectivity index (χ1v) is 5.48. The van der Waals surface area contributed by atoms with Gasteiger partial charge in [0.1, 0.15) is 0 Å². The summed E-state index contributed by atoms with van der Waals surface area (Å²) in [5.41, 5.74) is 1.01. The molecule has 0 spiro atoms. The lowest BCUT2D eigenvalue weighted by Gasteiger charge is -2.20. The van der Waals surface area contributed by atoms with Crippen LogP contribution in [-0.4, -0.2) is 17.4 Å². The smallest absolute Gasteiger partial charge is 0.251 e. The van der Waals surface area contributed by atoms with Crippen LogP contribution in [0.15, 0.2) is 24.3 Å². The van der Waals surface area contributed by atoms with Crippen LogP contribution in [0.25, 0.3) is 0 Å². The number of carbonyl (C=O) groups is 2. The van der Waals surface area contributed by atoms with Crippen molar-refractivity contribution in [1.29, 1.82) is 0 Å². The van der Waals surface area contributed by atoms with Gasteiger partial charge in [-0.15, -0.1) is 0 Å². The third-order valence-electron chi connectivity index (χ3n) is 1.96. The van der Waals surface area contributed by atoms with Gasteiger partial charge in [-0.05, 0) is 45.0 Å². The summed E-state index contributed by atoms with van der Waals surface area (Å²) >= 11 is 0. The van der Waals surface area contributed by atoms with Crippen LogP contribution in [0, 0.1) is 0 Å². The highest BCUT2D eigenvalue weighted by Gasteiger charge is 2.14. The van der Waals surface area contributed by atoms with E-state index in [1.54, 1.807) is 24.3 Å². The average molecular weight is 234 g/mol. The molecule has 1 aromatic rings. The van der Waals surface area contributed by atoms with Crippen molar-refractivity contribution in [3.8, 4) is 0 Å². The molecule has 0 aliphatic heterocycles. The maximum absolute atomic E-state index is 11.8. The van der Waals surface area contributed by atoms with E-state index >= 15 is 0 Å². The first-order chi connectivity index (χ1) is 7.78. The summed E-state index contributed by atoms with van der Waals surface area (Å²) in [5, 5.41) is 5.52. The molecule has 0 heterocycles. The fourth-order valence-corrected chi connectivity index (χ4v) is 1.32. The van der Waals surface area contributed by atoms with Gasteiger partial charge in [0, 0.05) is 23.7 Å². The quantitative estimate of drug-likeness (QED) is 0.824. The van der Waals surface area contributed by atoms with Gasteiger partial charge in [0.2, 0.25) is 5.91 Å². The van der Waals surface area contributed by atoms with Crippen molar-refractivity contribution in [3.05, 3.63) is 29.8 Å². The first-order valence-electron chi connectivity index (χ1n) is 5.48. The topological polar surface area (TPSA) is 58.2 Å². The summed E-state index contributed by atoms with van der Waals surface area (Å²) in [4.78, 5) is 22.6. The van der Waals surface area contributed by atoms with Crippen molar-refractivity contribution in [2.45, 2.75) is 33.2 Å². The average Bonchev–Trinajstić information content (AvgIpc) is 2.15. The third-order valence-corrected chi connectivity index (χ3v) is 1.96. The van der Waals surface area contributed by atoms with Crippen molar-refractivity contribution in [3.63, 3.8) is 0 Å². The van der Waals surface area contributed by atoms with Crippen LogP contribution in [0.2, 0.25) is 0 Å². The Morgan fingerprint density at radius 3 is 2.00 bits per heavy atom. The second kappa shape index (κ2) is 4.99. The lowest BCUT2D eigenvalue weighted by molar-refractivity contribution is -0.114. The minimum absolute atomic E-state index is 0.119. The molecule has 0 saturated carbocycles. The number of rotatable bonds is 2. The summed E-state index contributed by atoms with van der Waals surface area (Å²) in [5.74, 6) is -0.247. The minimum atomic E-state index is -0.257. The highest BCUT2D eigenvalue weighted by Crippen LogP contribution is 2.10. The second-order valence-electron chi connectivity index (χ2n) is 4.96. The normalized spacial score (nSPS) is 10.8. The number of carbonyl (C=O) groups excluding carboxylic acids is 2. The molecule has 0 aliphatic carbocycles. The van der Waals surface area contributed by atoms with Gasteiger partial charge in [0.15, 0.2) is 0 Å². The van der Waals surface area contributed by atoms with Crippen LogP contribution >= 0.6 is 0 Å². The zero-order valence-electron chi connectivity index (χ0n) is 10.6. The molecule has 0 unspecified atom stereocenters. The van der Waals surface area contributed by atoms with Gasteiger partial charge in [-0.1, -0.05) is 0 Å². The summed E-state index contributed by atoms with van der Waals surface area (Å²) in [6.07, 6.45) is 0. The molecular formula is C13H18N2O2. The van der Waals surface area contributed by atoms with E-state index in [2.05, 4.69) is 10.6 Å². The zero-order chi connectivity index (χ0) is 13.1. The number of benzene rings is 1. The van der Waals surface area contributed by atoms with Crippen molar-refractivity contribution in [1.82, 2.24) is 5.32 Å². The van der Waals surface area contributed by atoms with Crippen LogP contribution in [0.1, 0.15) is 38.1 Å². The number of anilines is 1. The van der Waals surface area contributed by atoms with E-state index in [1.807, 2.05) is 20.8 Å². The van der Waals surface area contributed by atoms with E-state index in [0.29, 0.717) is 11.3 Å². The van der Waals surface area contributed by atoms with Crippen LogP contribution in [0.5, 0.6) is 0 Å². The van der Waals surface area contributed by atoms with Gasteiger partial charge in [-0.3, -0.25) is 9.59 Å². The van der Waals surface area contributed by atoms with E-state index in [9.17, 15) is 9.59 Å². The summed E-state index contributed by atoms with van der Waals surface area (Å²) in [7, 11) is 0. The van der Waals surface area contributed by atoms with Crippen molar-refractivity contribution in [2.24, 2.45) is 0 Å². The monoisotopic (exact) mass is 234 g/mol. The number of amides is 2. The lowest BCUT2D eigenvalue weighted by atomic mass is 10.1. The Hall–Kier alpha value is -1.84.